The van der Waals surface area contributed by atoms with Gasteiger partial charge in [0.25, 0.3) is 0 Å². The number of fused-ring (bicyclic) bond motifs is 1. The van der Waals surface area contributed by atoms with Crippen molar-refractivity contribution < 1.29 is 4.74 Å². The van der Waals surface area contributed by atoms with E-state index in [0.717, 1.165) is 35.1 Å². The molecule has 0 atom stereocenters. The zero-order valence-corrected chi connectivity index (χ0v) is 12.9. The lowest BCUT2D eigenvalue weighted by Crippen LogP contribution is -1.98. The number of nitrogens with zero attached hydrogens (tertiary/aromatic N) is 5. The van der Waals surface area contributed by atoms with E-state index in [0.29, 0.717) is 17.3 Å². The normalized spacial score (nSPS) is 15.7. The van der Waals surface area contributed by atoms with Gasteiger partial charge >= 0.3 is 0 Å². The fourth-order valence-electron chi connectivity index (χ4n) is 2.54. The number of nitrogens with two attached hydrogens (primary N) is 1. The average molecular weight is 298 g/mol. The molecule has 0 saturated heterocycles. The number of aromatic nitrogens is 4. The summed E-state index contributed by atoms with van der Waals surface area (Å²) in [7, 11) is 3.46. The Balaban J connectivity index is 2.14. The van der Waals surface area contributed by atoms with E-state index in [-0.39, 0.29) is 0 Å². The Morgan fingerprint density at radius 3 is 2.91 bits per heavy atom. The maximum atomic E-state index is 6.01. The summed E-state index contributed by atoms with van der Waals surface area (Å²) in [5.74, 6) is 1.07. The molecule has 0 amide bonds. The summed E-state index contributed by atoms with van der Waals surface area (Å²) >= 11 is 0. The predicted molar refractivity (Wildman–Crippen MR) is 86.1 cm³/mol. The van der Waals surface area contributed by atoms with E-state index in [1.165, 1.54) is 6.33 Å². The minimum absolute atomic E-state index is 0.420. The third-order valence-corrected chi connectivity index (χ3v) is 3.69. The van der Waals surface area contributed by atoms with Crippen molar-refractivity contribution in [1.82, 2.24) is 19.7 Å². The second-order valence-corrected chi connectivity index (χ2v) is 5.18. The van der Waals surface area contributed by atoms with Gasteiger partial charge in [0.05, 0.1) is 12.5 Å². The Morgan fingerprint density at radius 2 is 2.14 bits per heavy atom. The first-order valence-corrected chi connectivity index (χ1v) is 7.03. The number of anilines is 1. The number of aliphatic imine (C=N–C) groups is 1. The Labute approximate surface area is 128 Å². The number of nitrogen functional groups attached to an aromatic ring is 1. The molecule has 0 aliphatic carbocycles. The summed E-state index contributed by atoms with van der Waals surface area (Å²) in [5, 5.41) is 5.29. The standard InChI is InChI=1S/C15H18N6O/c1-9-5-4-6-10(7-17-15(9)22-3)12-11-13(16)18-8-19-14(11)21(2)20-12/h6-8H,4-5H2,1-3H3,(H2,16,18,19). The highest BCUT2D eigenvalue weighted by atomic mass is 16.5. The van der Waals surface area contributed by atoms with Crippen LogP contribution in [0.3, 0.4) is 0 Å². The molecule has 0 fully saturated rings. The molecular weight excluding hydrogens is 280 g/mol. The topological polar surface area (TPSA) is 91.2 Å². The van der Waals surface area contributed by atoms with Crippen LogP contribution in [0.5, 0.6) is 0 Å². The zero-order valence-electron chi connectivity index (χ0n) is 12.9. The first-order valence-electron chi connectivity index (χ1n) is 7.03. The monoisotopic (exact) mass is 298 g/mol. The Morgan fingerprint density at radius 1 is 1.32 bits per heavy atom. The molecule has 1 aliphatic rings. The third-order valence-electron chi connectivity index (χ3n) is 3.69. The first kappa shape index (κ1) is 14.2. The van der Waals surface area contributed by atoms with Gasteiger partial charge in [0.15, 0.2) is 5.65 Å². The van der Waals surface area contributed by atoms with E-state index in [1.807, 2.05) is 14.0 Å². The van der Waals surface area contributed by atoms with Crippen LogP contribution in [0.15, 0.2) is 28.9 Å². The third kappa shape index (κ3) is 2.34. The molecule has 0 bridgehead atoms. The summed E-state index contributed by atoms with van der Waals surface area (Å²) in [4.78, 5) is 12.7. The fourth-order valence-corrected chi connectivity index (χ4v) is 2.54. The minimum Gasteiger partial charge on any atom is -0.481 e. The molecule has 0 radical (unpaired) electrons. The Hall–Kier alpha value is -2.70. The second kappa shape index (κ2) is 5.59. The van der Waals surface area contributed by atoms with E-state index < -0.39 is 0 Å². The average Bonchev–Trinajstić information content (AvgIpc) is 2.82. The van der Waals surface area contributed by atoms with E-state index in [1.54, 1.807) is 18.0 Å². The second-order valence-electron chi connectivity index (χ2n) is 5.18. The number of allylic oxidation sites excluding steroid dienone is 3. The van der Waals surface area contributed by atoms with Gasteiger partial charge in [-0.3, -0.25) is 0 Å². The number of hydrogen-bond acceptors (Lipinski definition) is 6. The van der Waals surface area contributed by atoms with Crippen LogP contribution < -0.4 is 5.73 Å². The highest BCUT2D eigenvalue weighted by Crippen LogP contribution is 2.27. The van der Waals surface area contributed by atoms with Gasteiger partial charge in [-0.15, -0.1) is 0 Å². The smallest absolute Gasteiger partial charge is 0.211 e. The minimum atomic E-state index is 0.420. The molecule has 0 unspecified atom stereocenters. The van der Waals surface area contributed by atoms with Crippen LogP contribution in [0.1, 0.15) is 25.5 Å². The highest BCUT2D eigenvalue weighted by Gasteiger charge is 2.17. The van der Waals surface area contributed by atoms with Crippen LogP contribution in [0, 0.1) is 0 Å². The van der Waals surface area contributed by atoms with Gasteiger partial charge in [-0.1, -0.05) is 6.08 Å². The van der Waals surface area contributed by atoms with Crippen LogP contribution in [0.2, 0.25) is 0 Å². The molecular formula is C15H18N6O. The van der Waals surface area contributed by atoms with Crippen LogP contribution in [-0.4, -0.2) is 33.1 Å². The summed E-state index contributed by atoms with van der Waals surface area (Å²) < 4.78 is 7.02. The van der Waals surface area contributed by atoms with E-state index in [4.69, 9.17) is 10.5 Å². The lowest BCUT2D eigenvalue weighted by Gasteiger charge is -2.09. The molecule has 0 spiro atoms. The Bertz CT molecular complexity index is 815. The van der Waals surface area contributed by atoms with Gasteiger partial charge in [-0.2, -0.15) is 5.10 Å². The molecule has 2 aromatic heterocycles. The molecule has 3 rings (SSSR count). The van der Waals surface area contributed by atoms with Crippen molar-refractivity contribution in [2.75, 3.05) is 12.8 Å². The highest BCUT2D eigenvalue weighted by molar-refractivity contribution is 6.15. The van der Waals surface area contributed by atoms with Crippen molar-refractivity contribution in [3.63, 3.8) is 0 Å². The SMILES string of the molecule is COC1=C(C)CCC=C(c2nn(C)c3ncnc(N)c23)C=N1. The number of aryl methyl sites for hydroxylation is 1. The fraction of sp³-hybridized carbons (Fsp3) is 0.333. The summed E-state index contributed by atoms with van der Waals surface area (Å²) in [5.41, 5.74) is 9.49. The molecule has 7 nitrogen and oxygen atoms in total. The molecule has 2 aromatic rings. The van der Waals surface area contributed by atoms with Gasteiger partial charge in [-0.25, -0.2) is 19.6 Å². The van der Waals surface area contributed by atoms with Gasteiger partial charge < -0.3 is 10.5 Å². The summed E-state index contributed by atoms with van der Waals surface area (Å²) in [6.45, 7) is 2.02. The predicted octanol–water partition coefficient (Wildman–Crippen LogP) is 2.07. The molecule has 7 heteroatoms. The first-order chi connectivity index (χ1) is 10.6. The largest absolute Gasteiger partial charge is 0.481 e. The lowest BCUT2D eigenvalue weighted by molar-refractivity contribution is 0.282. The van der Waals surface area contributed by atoms with Crippen molar-refractivity contribution >= 4 is 28.6 Å². The summed E-state index contributed by atoms with van der Waals surface area (Å²) in [6.07, 6.45) is 7.08. The van der Waals surface area contributed by atoms with Crippen molar-refractivity contribution in [3.8, 4) is 0 Å². The molecule has 114 valence electrons. The van der Waals surface area contributed by atoms with Gasteiger partial charge in [0.1, 0.15) is 17.8 Å². The van der Waals surface area contributed by atoms with Crippen LogP contribution in [0.4, 0.5) is 5.82 Å². The van der Waals surface area contributed by atoms with Crippen molar-refractivity contribution in [1.29, 1.82) is 0 Å². The summed E-state index contributed by atoms with van der Waals surface area (Å²) in [6, 6.07) is 0. The van der Waals surface area contributed by atoms with E-state index in [9.17, 15) is 0 Å². The molecule has 22 heavy (non-hydrogen) atoms. The number of methoxy groups -OCH3 is 1. The molecule has 2 N–H and O–H groups in total. The number of rotatable bonds is 2. The number of hydrogen-bond donors (Lipinski definition) is 1. The molecule has 1 aliphatic heterocycles. The molecule has 0 saturated carbocycles. The van der Waals surface area contributed by atoms with Crippen LogP contribution >= 0.6 is 0 Å². The quantitative estimate of drug-likeness (QED) is 0.916. The van der Waals surface area contributed by atoms with Gasteiger partial charge in [0, 0.05) is 18.8 Å². The number of ether oxygens (including phenoxy) is 1. The van der Waals surface area contributed by atoms with Crippen molar-refractivity contribution in [2.24, 2.45) is 12.0 Å². The van der Waals surface area contributed by atoms with Crippen molar-refractivity contribution in [2.45, 2.75) is 19.8 Å². The van der Waals surface area contributed by atoms with E-state index in [2.05, 4.69) is 26.1 Å². The van der Waals surface area contributed by atoms with Crippen LogP contribution in [0.25, 0.3) is 16.6 Å². The maximum Gasteiger partial charge on any atom is 0.211 e. The van der Waals surface area contributed by atoms with Crippen molar-refractivity contribution in [3.05, 3.63) is 29.6 Å². The van der Waals surface area contributed by atoms with Gasteiger partial charge in [-0.05, 0) is 25.3 Å². The van der Waals surface area contributed by atoms with E-state index >= 15 is 0 Å². The molecule has 0 aromatic carbocycles. The maximum absolute atomic E-state index is 6.01. The van der Waals surface area contributed by atoms with Crippen LogP contribution in [-0.2, 0) is 11.8 Å². The van der Waals surface area contributed by atoms with Gasteiger partial charge in [0.2, 0.25) is 5.88 Å². The lowest BCUT2D eigenvalue weighted by atomic mass is 10.1. The Kier molecular flexibility index (Phi) is 3.62. The molecule has 3 heterocycles. The zero-order chi connectivity index (χ0) is 15.7.